The van der Waals surface area contributed by atoms with E-state index in [9.17, 15) is 13.5 Å². The van der Waals surface area contributed by atoms with Crippen LogP contribution in [0.4, 0.5) is 0 Å². The molecule has 3 aromatic carbocycles. The molecule has 0 spiro atoms. The molecule has 0 amide bonds. The van der Waals surface area contributed by atoms with Gasteiger partial charge in [0, 0.05) is 12.6 Å². The molecule has 0 aliphatic carbocycles. The van der Waals surface area contributed by atoms with Crippen LogP contribution >= 0.6 is 0 Å². The Morgan fingerprint density at radius 1 is 0.897 bits per heavy atom. The molecular formula is C23H25NO4S. The number of aliphatic hydroxyl groups is 1. The highest BCUT2D eigenvalue weighted by molar-refractivity contribution is 7.87. The van der Waals surface area contributed by atoms with Crippen molar-refractivity contribution < 1.29 is 17.7 Å². The molecule has 0 saturated heterocycles. The highest BCUT2D eigenvalue weighted by Gasteiger charge is 2.17. The van der Waals surface area contributed by atoms with Gasteiger partial charge in [-0.25, -0.2) is 0 Å². The molecule has 0 fully saturated rings. The van der Waals surface area contributed by atoms with E-state index >= 15 is 0 Å². The van der Waals surface area contributed by atoms with Gasteiger partial charge in [0.1, 0.15) is 10.6 Å². The summed E-state index contributed by atoms with van der Waals surface area (Å²) in [5.74, 6) is 0.201. The van der Waals surface area contributed by atoms with E-state index in [1.807, 2.05) is 44.2 Å². The Hall–Kier alpha value is -2.67. The molecule has 0 bridgehead atoms. The number of hydrogen-bond acceptors (Lipinski definition) is 5. The first kappa shape index (κ1) is 21.0. The van der Waals surface area contributed by atoms with Gasteiger partial charge in [0.2, 0.25) is 0 Å². The molecule has 3 rings (SSSR count). The van der Waals surface area contributed by atoms with Gasteiger partial charge in [-0.3, -0.25) is 0 Å². The first-order valence-electron chi connectivity index (χ1n) is 9.43. The molecule has 0 heterocycles. The minimum Gasteiger partial charge on any atom is -0.387 e. The molecule has 3 aromatic rings. The summed E-state index contributed by atoms with van der Waals surface area (Å²) >= 11 is 0. The number of hydrogen-bond donors (Lipinski definition) is 2. The Labute approximate surface area is 172 Å². The van der Waals surface area contributed by atoms with E-state index in [1.54, 1.807) is 36.4 Å². The second-order valence-electron chi connectivity index (χ2n) is 6.98. The zero-order chi connectivity index (χ0) is 20.9. The predicted octanol–water partition coefficient (Wildman–Crippen LogP) is 4.15. The molecule has 1 unspecified atom stereocenters. The van der Waals surface area contributed by atoms with E-state index in [4.69, 9.17) is 4.18 Å². The fraction of sp³-hybridized carbons (Fsp3) is 0.217. The summed E-state index contributed by atoms with van der Waals surface area (Å²) in [6, 6.07) is 23.0. The summed E-state index contributed by atoms with van der Waals surface area (Å²) in [5, 5.41) is 13.7. The average Bonchev–Trinajstić information content (AvgIpc) is 2.73. The van der Waals surface area contributed by atoms with Crippen molar-refractivity contribution in [3.8, 4) is 5.75 Å². The number of aliphatic hydroxyl groups excluding tert-OH is 1. The molecule has 0 aliphatic rings. The van der Waals surface area contributed by atoms with Crippen molar-refractivity contribution in [2.75, 3.05) is 6.54 Å². The minimum atomic E-state index is -3.89. The summed E-state index contributed by atoms with van der Waals surface area (Å²) in [7, 11) is -3.89. The van der Waals surface area contributed by atoms with Gasteiger partial charge >= 0.3 is 10.1 Å². The lowest BCUT2D eigenvalue weighted by Crippen LogP contribution is -2.24. The molecule has 2 N–H and O–H groups in total. The quantitative estimate of drug-likeness (QED) is 0.545. The molecule has 5 nitrogen and oxygen atoms in total. The molecule has 2 atom stereocenters. The molecule has 0 aliphatic heterocycles. The Bertz CT molecular complexity index is 1020. The maximum absolute atomic E-state index is 12.4. The third-order valence-corrected chi connectivity index (χ3v) is 5.96. The van der Waals surface area contributed by atoms with E-state index < -0.39 is 16.2 Å². The van der Waals surface area contributed by atoms with Gasteiger partial charge in [0.15, 0.2) is 0 Å². The predicted molar refractivity (Wildman–Crippen MR) is 113 cm³/mol. The second kappa shape index (κ2) is 9.22. The number of benzene rings is 3. The summed E-state index contributed by atoms with van der Waals surface area (Å²) in [5.41, 5.74) is 2.79. The Morgan fingerprint density at radius 3 is 2.14 bits per heavy atom. The highest BCUT2D eigenvalue weighted by Crippen LogP contribution is 2.22. The minimum absolute atomic E-state index is 0.103. The average molecular weight is 412 g/mol. The summed E-state index contributed by atoms with van der Waals surface area (Å²) in [4.78, 5) is 0.103. The van der Waals surface area contributed by atoms with E-state index in [1.165, 1.54) is 12.1 Å². The van der Waals surface area contributed by atoms with Crippen molar-refractivity contribution in [2.45, 2.75) is 30.9 Å². The van der Waals surface area contributed by atoms with Crippen LogP contribution in [-0.4, -0.2) is 20.1 Å². The summed E-state index contributed by atoms with van der Waals surface area (Å²) in [6.45, 7) is 4.30. The fourth-order valence-electron chi connectivity index (χ4n) is 2.89. The molecule has 152 valence electrons. The topological polar surface area (TPSA) is 75.6 Å². The van der Waals surface area contributed by atoms with Crippen LogP contribution < -0.4 is 9.50 Å². The monoisotopic (exact) mass is 411 g/mol. The molecule has 0 radical (unpaired) electrons. The molecular weight excluding hydrogens is 386 g/mol. The van der Waals surface area contributed by atoms with Crippen molar-refractivity contribution >= 4 is 10.1 Å². The van der Waals surface area contributed by atoms with Crippen molar-refractivity contribution in [3.63, 3.8) is 0 Å². The number of aryl methyl sites for hydroxylation is 1. The van der Waals surface area contributed by atoms with Crippen LogP contribution in [0.15, 0.2) is 83.8 Å². The molecule has 0 saturated carbocycles. The van der Waals surface area contributed by atoms with Crippen molar-refractivity contribution in [2.24, 2.45) is 0 Å². The van der Waals surface area contributed by atoms with E-state index in [2.05, 4.69) is 5.32 Å². The Kier molecular flexibility index (Phi) is 6.69. The van der Waals surface area contributed by atoms with Crippen LogP contribution in [0.5, 0.6) is 5.75 Å². The molecule has 0 aromatic heterocycles. The number of rotatable bonds is 8. The van der Waals surface area contributed by atoms with Crippen molar-refractivity contribution in [1.29, 1.82) is 0 Å². The SMILES string of the molecule is Cc1ccc(S(=O)(=O)Oc2ccc([C@H](O)CNC(C)c3ccccc3)cc2)cc1. The standard InChI is InChI=1S/C23H25NO4S/c1-17-8-14-22(15-9-17)29(26,27)28-21-12-10-20(11-13-21)23(25)16-24-18(2)19-6-4-3-5-7-19/h3-15,18,23-25H,16H2,1-2H3/t18?,23-/m1/s1. The highest BCUT2D eigenvalue weighted by atomic mass is 32.2. The van der Waals surface area contributed by atoms with Gasteiger partial charge in [0.05, 0.1) is 6.10 Å². The zero-order valence-electron chi connectivity index (χ0n) is 16.4. The van der Waals surface area contributed by atoms with Crippen LogP contribution in [0.25, 0.3) is 0 Å². The Morgan fingerprint density at radius 2 is 1.52 bits per heavy atom. The second-order valence-corrected chi connectivity index (χ2v) is 8.52. The lowest BCUT2D eigenvalue weighted by Gasteiger charge is -2.18. The van der Waals surface area contributed by atoms with E-state index in [-0.39, 0.29) is 16.7 Å². The van der Waals surface area contributed by atoms with Crippen LogP contribution in [0.3, 0.4) is 0 Å². The van der Waals surface area contributed by atoms with Crippen LogP contribution in [0.1, 0.15) is 35.8 Å². The summed E-state index contributed by atoms with van der Waals surface area (Å²) in [6.07, 6.45) is -0.719. The van der Waals surface area contributed by atoms with Crippen molar-refractivity contribution in [3.05, 3.63) is 95.6 Å². The number of nitrogens with one attached hydrogen (secondary N) is 1. The summed E-state index contributed by atoms with van der Waals surface area (Å²) < 4.78 is 29.9. The normalized spacial score (nSPS) is 13.6. The third-order valence-electron chi connectivity index (χ3n) is 4.70. The smallest absolute Gasteiger partial charge is 0.339 e. The lowest BCUT2D eigenvalue weighted by molar-refractivity contribution is 0.171. The first-order chi connectivity index (χ1) is 13.8. The van der Waals surface area contributed by atoms with Crippen LogP contribution in [0.2, 0.25) is 0 Å². The molecule has 6 heteroatoms. The lowest BCUT2D eigenvalue weighted by atomic mass is 10.1. The maximum Gasteiger partial charge on any atom is 0.339 e. The van der Waals surface area contributed by atoms with Gasteiger partial charge in [0.25, 0.3) is 0 Å². The zero-order valence-corrected chi connectivity index (χ0v) is 17.3. The van der Waals surface area contributed by atoms with Gasteiger partial charge in [-0.1, -0.05) is 60.2 Å². The maximum atomic E-state index is 12.4. The largest absolute Gasteiger partial charge is 0.387 e. The first-order valence-corrected chi connectivity index (χ1v) is 10.8. The van der Waals surface area contributed by atoms with Crippen LogP contribution in [0, 0.1) is 6.92 Å². The van der Waals surface area contributed by atoms with Gasteiger partial charge in [-0.2, -0.15) is 8.42 Å². The van der Waals surface area contributed by atoms with Crippen molar-refractivity contribution in [1.82, 2.24) is 5.32 Å². The van der Waals surface area contributed by atoms with Crippen LogP contribution in [-0.2, 0) is 10.1 Å². The van der Waals surface area contributed by atoms with E-state index in [0.29, 0.717) is 12.1 Å². The van der Waals surface area contributed by atoms with Gasteiger partial charge in [-0.05, 0) is 49.2 Å². The van der Waals surface area contributed by atoms with E-state index in [0.717, 1.165) is 11.1 Å². The third kappa shape index (κ3) is 5.67. The van der Waals surface area contributed by atoms with Gasteiger partial charge in [-0.15, -0.1) is 0 Å². The molecule has 29 heavy (non-hydrogen) atoms. The fourth-order valence-corrected chi connectivity index (χ4v) is 3.82. The van der Waals surface area contributed by atoms with Gasteiger partial charge < -0.3 is 14.6 Å². The Balaban J connectivity index is 1.60.